The van der Waals surface area contributed by atoms with Crippen molar-refractivity contribution in [3.8, 4) is 0 Å². The van der Waals surface area contributed by atoms with Crippen molar-refractivity contribution in [2.24, 2.45) is 5.92 Å². The van der Waals surface area contributed by atoms with Gasteiger partial charge in [0.25, 0.3) is 11.8 Å². The lowest BCUT2D eigenvalue weighted by molar-refractivity contribution is -0.159. The third-order valence-electron chi connectivity index (χ3n) is 6.06. The Bertz CT molecular complexity index is 1500. The molecule has 3 amide bonds. The van der Waals surface area contributed by atoms with E-state index in [0.717, 1.165) is 11.1 Å². The van der Waals surface area contributed by atoms with Gasteiger partial charge in [-0.1, -0.05) is 49.2 Å². The van der Waals surface area contributed by atoms with Crippen LogP contribution in [-0.4, -0.2) is 52.9 Å². The van der Waals surface area contributed by atoms with Crippen LogP contribution in [0, 0.1) is 19.8 Å². The zero-order valence-corrected chi connectivity index (χ0v) is 23.9. The van der Waals surface area contributed by atoms with Crippen LogP contribution in [0.15, 0.2) is 72.8 Å². The van der Waals surface area contributed by atoms with E-state index in [-0.39, 0.29) is 28.5 Å². The van der Waals surface area contributed by atoms with Gasteiger partial charge in [0.15, 0.2) is 0 Å². The first-order valence-corrected chi connectivity index (χ1v) is 13.1. The van der Waals surface area contributed by atoms with Crippen LogP contribution in [0.4, 0.5) is 5.69 Å². The summed E-state index contributed by atoms with van der Waals surface area (Å²) >= 11 is 0. The van der Waals surface area contributed by atoms with Gasteiger partial charge in [0, 0.05) is 17.2 Å². The van der Waals surface area contributed by atoms with Crippen molar-refractivity contribution >= 4 is 41.3 Å². The van der Waals surface area contributed by atoms with Gasteiger partial charge in [-0.25, -0.2) is 14.4 Å². The Morgan fingerprint density at radius 2 is 1.05 bits per heavy atom. The number of carboxylic acids is 1. The molecule has 0 saturated carbocycles. The molecular formula is C31H31N3O9. The predicted molar refractivity (Wildman–Crippen MR) is 154 cm³/mol. The summed E-state index contributed by atoms with van der Waals surface area (Å²) in [7, 11) is 0. The molecule has 0 saturated heterocycles. The van der Waals surface area contributed by atoms with E-state index in [1.165, 1.54) is 48.5 Å². The van der Waals surface area contributed by atoms with Gasteiger partial charge < -0.3 is 19.9 Å². The van der Waals surface area contributed by atoms with E-state index in [1.54, 1.807) is 52.0 Å². The van der Waals surface area contributed by atoms with Gasteiger partial charge >= 0.3 is 17.9 Å². The number of amides is 3. The molecule has 3 aromatic carbocycles. The van der Waals surface area contributed by atoms with E-state index in [9.17, 15) is 33.9 Å². The van der Waals surface area contributed by atoms with Gasteiger partial charge in [-0.05, 0) is 62.4 Å². The number of anilines is 1. The number of hydrogen-bond donors (Lipinski definition) is 4. The van der Waals surface area contributed by atoms with Crippen LogP contribution in [0.5, 0.6) is 0 Å². The van der Waals surface area contributed by atoms with Gasteiger partial charge in [0.2, 0.25) is 18.1 Å². The standard InChI is InChI=1S/C31H31N3O9/c1-17(2)26(35)32-23-15-13-20(14-16-23)27(36)33-34-28(37)24(42-30(40)21-9-5-18(3)6-10-21)25(29(38)39)43-31(41)22-11-7-19(4)8-12-22/h5-17,24-25H,1-4H3,(H,32,35)(H,33,36)(H,34,37)(H,38,39)/t24-,25+/m1/s1. The molecule has 0 bridgehead atoms. The number of rotatable bonds is 10. The highest BCUT2D eigenvalue weighted by Crippen LogP contribution is 2.15. The Kier molecular flexibility index (Phi) is 10.7. The maximum Gasteiger partial charge on any atom is 0.349 e. The average Bonchev–Trinajstić information content (AvgIpc) is 2.98. The summed E-state index contributed by atoms with van der Waals surface area (Å²) in [6, 6.07) is 17.8. The van der Waals surface area contributed by atoms with Crippen LogP contribution in [0.2, 0.25) is 0 Å². The highest BCUT2D eigenvalue weighted by molar-refractivity contribution is 5.99. The third-order valence-corrected chi connectivity index (χ3v) is 6.06. The van der Waals surface area contributed by atoms with Gasteiger partial charge in [-0.15, -0.1) is 0 Å². The van der Waals surface area contributed by atoms with Crippen molar-refractivity contribution in [2.75, 3.05) is 5.32 Å². The Morgan fingerprint density at radius 1 is 0.605 bits per heavy atom. The lowest BCUT2D eigenvalue weighted by Crippen LogP contribution is -2.54. The third kappa shape index (κ3) is 8.98. The Balaban J connectivity index is 1.79. The summed E-state index contributed by atoms with van der Waals surface area (Å²) in [5.74, 6) is -6.47. The summed E-state index contributed by atoms with van der Waals surface area (Å²) in [6.45, 7) is 7.02. The van der Waals surface area contributed by atoms with Crippen LogP contribution in [0.3, 0.4) is 0 Å². The molecular weight excluding hydrogens is 558 g/mol. The molecule has 0 aliphatic rings. The number of aliphatic carboxylic acids is 1. The lowest BCUT2D eigenvalue weighted by atomic mass is 10.1. The molecule has 3 aromatic rings. The molecule has 2 atom stereocenters. The van der Waals surface area contributed by atoms with Gasteiger partial charge in [0.1, 0.15) is 0 Å². The molecule has 224 valence electrons. The highest BCUT2D eigenvalue weighted by Gasteiger charge is 2.41. The summed E-state index contributed by atoms with van der Waals surface area (Å²) in [4.78, 5) is 75.4. The SMILES string of the molecule is Cc1ccc(C(=O)O[C@H](C(=O)O)[C@@H](OC(=O)c2ccc(C)cc2)C(=O)NNC(=O)c2ccc(NC(=O)C(C)C)cc2)cc1. The minimum Gasteiger partial charge on any atom is -0.478 e. The molecule has 4 N–H and O–H groups in total. The van der Waals surface area contributed by atoms with E-state index >= 15 is 0 Å². The van der Waals surface area contributed by atoms with Crippen molar-refractivity contribution in [3.63, 3.8) is 0 Å². The maximum atomic E-state index is 13.1. The van der Waals surface area contributed by atoms with Crippen LogP contribution in [0.25, 0.3) is 0 Å². The largest absolute Gasteiger partial charge is 0.478 e. The normalized spacial score (nSPS) is 11.9. The second-order valence-corrected chi connectivity index (χ2v) is 9.89. The van der Waals surface area contributed by atoms with E-state index < -0.39 is 41.9 Å². The summed E-state index contributed by atoms with van der Waals surface area (Å²) in [5, 5.41) is 12.5. The monoisotopic (exact) mass is 589 g/mol. The van der Waals surface area contributed by atoms with E-state index in [2.05, 4.69) is 10.7 Å². The predicted octanol–water partition coefficient (Wildman–Crippen LogP) is 3.19. The fourth-order valence-corrected chi connectivity index (χ4v) is 3.49. The molecule has 0 fully saturated rings. The first-order chi connectivity index (χ1) is 20.3. The zero-order valence-electron chi connectivity index (χ0n) is 23.9. The Morgan fingerprint density at radius 3 is 1.49 bits per heavy atom. The molecule has 0 heterocycles. The van der Waals surface area contributed by atoms with Crippen molar-refractivity contribution in [1.82, 2.24) is 10.9 Å². The Labute approximate surface area is 247 Å². The first-order valence-electron chi connectivity index (χ1n) is 13.1. The van der Waals surface area contributed by atoms with Crippen molar-refractivity contribution < 1.29 is 43.3 Å². The number of aryl methyl sites for hydroxylation is 2. The zero-order chi connectivity index (χ0) is 31.7. The fourth-order valence-electron chi connectivity index (χ4n) is 3.49. The van der Waals surface area contributed by atoms with E-state index in [4.69, 9.17) is 9.47 Å². The van der Waals surface area contributed by atoms with Crippen LogP contribution >= 0.6 is 0 Å². The van der Waals surface area contributed by atoms with Crippen LogP contribution in [0.1, 0.15) is 56.0 Å². The molecule has 43 heavy (non-hydrogen) atoms. The molecule has 0 spiro atoms. The number of ether oxygens (including phenoxy) is 2. The number of benzene rings is 3. The molecule has 0 radical (unpaired) electrons. The van der Waals surface area contributed by atoms with Gasteiger partial charge in [-0.2, -0.15) is 0 Å². The van der Waals surface area contributed by atoms with E-state index in [1.807, 2.05) is 5.43 Å². The van der Waals surface area contributed by atoms with Crippen molar-refractivity contribution in [1.29, 1.82) is 0 Å². The fraction of sp³-hybridized carbons (Fsp3) is 0.226. The number of hydrogen-bond acceptors (Lipinski definition) is 8. The number of carboxylic acid groups (broad SMARTS) is 1. The highest BCUT2D eigenvalue weighted by atomic mass is 16.6. The molecule has 0 aliphatic carbocycles. The molecule has 3 rings (SSSR count). The van der Waals surface area contributed by atoms with E-state index in [0.29, 0.717) is 5.69 Å². The molecule has 12 nitrogen and oxygen atoms in total. The van der Waals surface area contributed by atoms with Crippen molar-refractivity contribution in [3.05, 3.63) is 101 Å². The smallest absolute Gasteiger partial charge is 0.349 e. The number of hydrazine groups is 1. The Hall–Kier alpha value is -5.52. The second kappa shape index (κ2) is 14.4. The van der Waals surface area contributed by atoms with Gasteiger partial charge in [-0.3, -0.25) is 25.2 Å². The summed E-state index contributed by atoms with van der Waals surface area (Å²) in [5.41, 5.74) is 6.34. The second-order valence-electron chi connectivity index (χ2n) is 9.89. The molecule has 0 unspecified atom stereocenters. The van der Waals surface area contributed by atoms with Crippen molar-refractivity contribution in [2.45, 2.75) is 39.9 Å². The van der Waals surface area contributed by atoms with Gasteiger partial charge in [0.05, 0.1) is 11.1 Å². The topological polar surface area (TPSA) is 177 Å². The summed E-state index contributed by atoms with van der Waals surface area (Å²) < 4.78 is 10.3. The molecule has 12 heteroatoms. The number of nitrogens with one attached hydrogen (secondary N) is 3. The van der Waals surface area contributed by atoms with Crippen LogP contribution < -0.4 is 16.2 Å². The molecule has 0 aromatic heterocycles. The maximum absolute atomic E-state index is 13.1. The molecule has 0 aliphatic heterocycles. The number of carbonyl (C=O) groups is 6. The lowest BCUT2D eigenvalue weighted by Gasteiger charge is -2.23. The minimum atomic E-state index is -2.27. The quantitative estimate of drug-likeness (QED) is 0.204. The number of esters is 2. The first kappa shape index (κ1) is 32.0. The number of carbonyl (C=O) groups excluding carboxylic acids is 5. The summed E-state index contributed by atoms with van der Waals surface area (Å²) in [6.07, 6.45) is -4.47. The average molecular weight is 590 g/mol. The minimum absolute atomic E-state index is 0.00204. The van der Waals surface area contributed by atoms with Crippen LogP contribution in [-0.2, 0) is 23.9 Å².